The van der Waals surface area contributed by atoms with Crippen molar-refractivity contribution in [2.24, 2.45) is 10.7 Å². The van der Waals surface area contributed by atoms with Gasteiger partial charge in [0.25, 0.3) is 0 Å². The molecule has 76 valence electrons. The van der Waals surface area contributed by atoms with Crippen LogP contribution in [0.15, 0.2) is 4.99 Å². The Labute approximate surface area is 84.8 Å². The molecule has 1 rings (SSSR count). The molecule has 0 aromatic heterocycles. The lowest BCUT2D eigenvalue weighted by molar-refractivity contribution is 0.349. The SMILES string of the molecule is CCSCCC1CN=C(N)N1CC. The quantitative estimate of drug-likeness (QED) is 0.678. The van der Waals surface area contributed by atoms with Crippen LogP contribution in [-0.4, -0.2) is 41.5 Å². The third-order valence-corrected chi connectivity index (χ3v) is 3.27. The third-order valence-electron chi connectivity index (χ3n) is 2.34. The zero-order valence-corrected chi connectivity index (χ0v) is 9.31. The van der Waals surface area contributed by atoms with Crippen LogP contribution in [-0.2, 0) is 0 Å². The molecule has 0 aromatic carbocycles. The predicted octanol–water partition coefficient (Wildman–Crippen LogP) is 1.15. The molecule has 1 aliphatic heterocycles. The first-order chi connectivity index (χ1) is 6.29. The standard InChI is InChI=1S/C9H19N3S/c1-3-12-8(5-6-13-4-2)7-11-9(12)10/h8H,3-7H2,1-2H3,(H2,10,11). The van der Waals surface area contributed by atoms with E-state index in [-0.39, 0.29) is 0 Å². The van der Waals surface area contributed by atoms with Crippen molar-refractivity contribution in [3.63, 3.8) is 0 Å². The van der Waals surface area contributed by atoms with Gasteiger partial charge in [0.2, 0.25) is 0 Å². The Morgan fingerprint density at radius 2 is 2.38 bits per heavy atom. The topological polar surface area (TPSA) is 41.6 Å². The molecular weight excluding hydrogens is 182 g/mol. The van der Waals surface area contributed by atoms with Crippen LogP contribution in [0.5, 0.6) is 0 Å². The van der Waals surface area contributed by atoms with Gasteiger partial charge in [-0.05, 0) is 24.9 Å². The summed E-state index contributed by atoms with van der Waals surface area (Å²) in [4.78, 5) is 6.46. The maximum absolute atomic E-state index is 5.75. The first-order valence-corrected chi connectivity index (χ1v) is 6.09. The third kappa shape index (κ3) is 2.79. The molecule has 1 heterocycles. The maximum atomic E-state index is 5.75. The summed E-state index contributed by atoms with van der Waals surface area (Å²) in [6, 6.07) is 0.559. The highest BCUT2D eigenvalue weighted by Crippen LogP contribution is 2.14. The molecule has 0 aliphatic carbocycles. The fraction of sp³-hybridized carbons (Fsp3) is 0.889. The Bertz CT molecular complexity index is 182. The van der Waals surface area contributed by atoms with E-state index in [0.717, 1.165) is 19.0 Å². The number of thioether (sulfide) groups is 1. The van der Waals surface area contributed by atoms with Gasteiger partial charge >= 0.3 is 0 Å². The van der Waals surface area contributed by atoms with Crippen LogP contribution in [0.2, 0.25) is 0 Å². The Balaban J connectivity index is 2.28. The predicted molar refractivity (Wildman–Crippen MR) is 60.3 cm³/mol. The van der Waals surface area contributed by atoms with Crippen LogP contribution >= 0.6 is 11.8 Å². The summed E-state index contributed by atoms with van der Waals surface area (Å²) in [6.45, 7) is 6.20. The fourth-order valence-corrected chi connectivity index (χ4v) is 2.33. The summed E-state index contributed by atoms with van der Waals surface area (Å²) in [5, 5.41) is 0. The Kier molecular flexibility index (Phi) is 4.42. The zero-order valence-electron chi connectivity index (χ0n) is 8.49. The molecule has 1 atom stereocenters. The van der Waals surface area contributed by atoms with E-state index in [0.29, 0.717) is 6.04 Å². The zero-order chi connectivity index (χ0) is 9.68. The molecule has 13 heavy (non-hydrogen) atoms. The highest BCUT2D eigenvalue weighted by Gasteiger charge is 2.23. The van der Waals surface area contributed by atoms with Gasteiger partial charge in [-0.15, -0.1) is 0 Å². The lowest BCUT2D eigenvalue weighted by atomic mass is 10.2. The van der Waals surface area contributed by atoms with Crippen molar-refractivity contribution in [2.75, 3.05) is 24.6 Å². The van der Waals surface area contributed by atoms with E-state index in [9.17, 15) is 0 Å². The van der Waals surface area contributed by atoms with Crippen molar-refractivity contribution in [3.05, 3.63) is 0 Å². The number of nitrogens with zero attached hydrogens (tertiary/aromatic N) is 2. The lowest BCUT2D eigenvalue weighted by Gasteiger charge is -2.24. The molecule has 2 N–H and O–H groups in total. The number of guanidine groups is 1. The average Bonchev–Trinajstić information content (AvgIpc) is 2.47. The van der Waals surface area contributed by atoms with Gasteiger partial charge < -0.3 is 10.6 Å². The van der Waals surface area contributed by atoms with Crippen LogP contribution in [0.3, 0.4) is 0 Å². The number of hydrogen-bond donors (Lipinski definition) is 1. The van der Waals surface area contributed by atoms with Crippen LogP contribution in [0, 0.1) is 0 Å². The number of nitrogens with two attached hydrogens (primary N) is 1. The number of hydrogen-bond acceptors (Lipinski definition) is 4. The molecule has 0 amide bonds. The van der Waals surface area contributed by atoms with E-state index < -0.39 is 0 Å². The summed E-state index contributed by atoms with van der Waals surface area (Å²) < 4.78 is 0. The molecule has 3 nitrogen and oxygen atoms in total. The second-order valence-corrected chi connectivity index (χ2v) is 4.52. The van der Waals surface area contributed by atoms with E-state index in [1.54, 1.807) is 0 Å². The molecule has 0 bridgehead atoms. The fourth-order valence-electron chi connectivity index (χ4n) is 1.61. The van der Waals surface area contributed by atoms with Crippen molar-refractivity contribution >= 4 is 17.7 Å². The monoisotopic (exact) mass is 201 g/mol. The summed E-state index contributed by atoms with van der Waals surface area (Å²) >= 11 is 1.99. The highest BCUT2D eigenvalue weighted by atomic mass is 32.2. The molecular formula is C9H19N3S. The summed E-state index contributed by atoms with van der Waals surface area (Å²) in [5.41, 5.74) is 5.75. The smallest absolute Gasteiger partial charge is 0.191 e. The normalized spacial score (nSPS) is 22.2. The Hall–Kier alpha value is -0.380. The van der Waals surface area contributed by atoms with E-state index in [1.165, 1.54) is 17.9 Å². The first-order valence-electron chi connectivity index (χ1n) is 4.93. The Morgan fingerprint density at radius 1 is 1.62 bits per heavy atom. The van der Waals surface area contributed by atoms with Crippen LogP contribution in [0.4, 0.5) is 0 Å². The molecule has 0 aromatic rings. The molecule has 1 unspecified atom stereocenters. The minimum absolute atomic E-state index is 0.559. The summed E-state index contributed by atoms with van der Waals surface area (Å²) in [5.74, 6) is 3.16. The van der Waals surface area contributed by atoms with Gasteiger partial charge in [0.15, 0.2) is 5.96 Å². The highest BCUT2D eigenvalue weighted by molar-refractivity contribution is 7.99. The van der Waals surface area contributed by atoms with Crippen molar-refractivity contribution in [3.8, 4) is 0 Å². The maximum Gasteiger partial charge on any atom is 0.191 e. The van der Waals surface area contributed by atoms with E-state index in [2.05, 4.69) is 23.7 Å². The molecule has 0 fully saturated rings. The molecule has 0 spiro atoms. The van der Waals surface area contributed by atoms with Crippen molar-refractivity contribution in [2.45, 2.75) is 26.3 Å². The lowest BCUT2D eigenvalue weighted by Crippen LogP contribution is -2.40. The van der Waals surface area contributed by atoms with Gasteiger partial charge in [-0.1, -0.05) is 6.92 Å². The molecule has 0 saturated heterocycles. The van der Waals surface area contributed by atoms with E-state index >= 15 is 0 Å². The van der Waals surface area contributed by atoms with E-state index in [4.69, 9.17) is 5.73 Å². The van der Waals surface area contributed by atoms with Crippen LogP contribution in [0.25, 0.3) is 0 Å². The minimum Gasteiger partial charge on any atom is -0.370 e. The largest absolute Gasteiger partial charge is 0.370 e. The Morgan fingerprint density at radius 3 is 3.00 bits per heavy atom. The number of likely N-dealkylation sites (N-methyl/N-ethyl adjacent to an activating group) is 1. The first kappa shape index (κ1) is 10.7. The summed E-state index contributed by atoms with van der Waals surface area (Å²) in [7, 11) is 0. The van der Waals surface area contributed by atoms with Gasteiger partial charge in [-0.3, -0.25) is 4.99 Å². The van der Waals surface area contributed by atoms with Crippen molar-refractivity contribution in [1.29, 1.82) is 0 Å². The van der Waals surface area contributed by atoms with Gasteiger partial charge in [0.05, 0.1) is 12.6 Å². The molecule has 0 radical (unpaired) electrons. The molecule has 0 saturated carbocycles. The molecule has 1 aliphatic rings. The summed E-state index contributed by atoms with van der Waals surface area (Å²) in [6.07, 6.45) is 1.20. The second-order valence-electron chi connectivity index (χ2n) is 3.12. The van der Waals surface area contributed by atoms with Crippen molar-refractivity contribution in [1.82, 2.24) is 4.90 Å². The minimum atomic E-state index is 0.559. The van der Waals surface area contributed by atoms with Crippen LogP contribution in [0.1, 0.15) is 20.3 Å². The van der Waals surface area contributed by atoms with Gasteiger partial charge in [-0.25, -0.2) is 0 Å². The van der Waals surface area contributed by atoms with Gasteiger partial charge in [0.1, 0.15) is 0 Å². The second kappa shape index (κ2) is 5.37. The average molecular weight is 201 g/mol. The van der Waals surface area contributed by atoms with Gasteiger partial charge in [0, 0.05) is 6.54 Å². The molecule has 4 heteroatoms. The number of aliphatic imine (C=N–C) groups is 1. The van der Waals surface area contributed by atoms with Crippen LogP contribution < -0.4 is 5.73 Å². The van der Waals surface area contributed by atoms with E-state index in [1.807, 2.05) is 11.8 Å². The van der Waals surface area contributed by atoms with Crippen molar-refractivity contribution < 1.29 is 0 Å². The van der Waals surface area contributed by atoms with Gasteiger partial charge in [-0.2, -0.15) is 11.8 Å². The number of rotatable bonds is 5.